The molecule has 0 saturated carbocycles. The molecule has 0 spiro atoms. The third kappa shape index (κ3) is 3.20. The minimum absolute atomic E-state index is 0.111. The number of benzene rings is 2. The van der Waals surface area contributed by atoms with E-state index in [1.807, 2.05) is 24.3 Å². The molecule has 0 bridgehead atoms. The predicted octanol–water partition coefficient (Wildman–Crippen LogP) is 5.24. The number of halogens is 3. The van der Waals surface area contributed by atoms with Gasteiger partial charge in [0, 0.05) is 46.4 Å². The lowest BCUT2D eigenvalue weighted by atomic mass is 10.0. The van der Waals surface area contributed by atoms with E-state index in [9.17, 15) is 4.79 Å². The number of nitrogens with one attached hydrogen (secondary N) is 1. The van der Waals surface area contributed by atoms with Crippen LogP contribution in [0.3, 0.4) is 0 Å². The molecule has 0 radical (unpaired) electrons. The van der Waals surface area contributed by atoms with Crippen molar-refractivity contribution >= 4 is 40.7 Å². The number of nitrogens with zero attached hydrogens (tertiary/aromatic N) is 2. The van der Waals surface area contributed by atoms with Crippen LogP contribution in [0.25, 0.3) is 11.3 Å². The van der Waals surface area contributed by atoms with E-state index >= 15 is 0 Å². The Morgan fingerprint density at radius 3 is 2.50 bits per heavy atom. The summed E-state index contributed by atoms with van der Waals surface area (Å²) in [6, 6.07) is 12.4. The fourth-order valence-electron chi connectivity index (χ4n) is 3.15. The van der Waals surface area contributed by atoms with Crippen molar-refractivity contribution in [2.75, 3.05) is 6.54 Å². The zero-order valence-corrected chi connectivity index (χ0v) is 15.9. The van der Waals surface area contributed by atoms with E-state index in [0.717, 1.165) is 22.5 Å². The first-order valence-electron chi connectivity index (χ1n) is 8.09. The van der Waals surface area contributed by atoms with Crippen LogP contribution < -0.4 is 0 Å². The van der Waals surface area contributed by atoms with E-state index in [2.05, 4.69) is 10.2 Å². The molecule has 0 atom stereocenters. The second-order valence-corrected chi connectivity index (χ2v) is 7.42. The zero-order valence-electron chi connectivity index (χ0n) is 13.6. The van der Waals surface area contributed by atoms with Gasteiger partial charge in [0.25, 0.3) is 5.91 Å². The number of aromatic nitrogens is 2. The molecule has 1 aliphatic rings. The van der Waals surface area contributed by atoms with Crippen molar-refractivity contribution in [3.05, 3.63) is 74.4 Å². The molecule has 132 valence electrons. The van der Waals surface area contributed by atoms with Gasteiger partial charge >= 0.3 is 0 Å². The van der Waals surface area contributed by atoms with E-state index in [-0.39, 0.29) is 5.91 Å². The maximum atomic E-state index is 12.9. The van der Waals surface area contributed by atoms with Gasteiger partial charge in [-0.05, 0) is 30.3 Å². The maximum Gasteiger partial charge on any atom is 0.255 e. The van der Waals surface area contributed by atoms with Gasteiger partial charge in [0.05, 0.1) is 16.3 Å². The number of carbonyl (C=O) groups excluding carboxylic acids is 1. The lowest BCUT2D eigenvalue weighted by molar-refractivity contribution is 0.0735. The molecule has 1 N–H and O–H groups in total. The summed E-state index contributed by atoms with van der Waals surface area (Å²) >= 11 is 18.1. The molecule has 0 fully saturated rings. The molecule has 4 nitrogen and oxygen atoms in total. The van der Waals surface area contributed by atoms with Crippen LogP contribution in [0.15, 0.2) is 42.5 Å². The van der Waals surface area contributed by atoms with Crippen LogP contribution in [0.2, 0.25) is 15.1 Å². The number of fused-ring (bicyclic) bond motifs is 1. The highest BCUT2D eigenvalue weighted by atomic mass is 35.5. The first-order chi connectivity index (χ1) is 12.5. The lowest BCUT2D eigenvalue weighted by Crippen LogP contribution is -2.36. The Bertz CT molecular complexity index is 982. The number of hydrogen-bond acceptors (Lipinski definition) is 2. The summed E-state index contributed by atoms with van der Waals surface area (Å²) in [5.74, 6) is -0.111. The van der Waals surface area contributed by atoms with Crippen molar-refractivity contribution in [3.63, 3.8) is 0 Å². The highest BCUT2D eigenvalue weighted by Crippen LogP contribution is 2.30. The number of rotatable bonds is 2. The van der Waals surface area contributed by atoms with E-state index in [0.29, 0.717) is 40.1 Å². The van der Waals surface area contributed by atoms with Crippen molar-refractivity contribution < 1.29 is 4.79 Å². The van der Waals surface area contributed by atoms with Crippen molar-refractivity contribution in [3.8, 4) is 11.3 Å². The molecule has 3 aromatic rings. The Balaban J connectivity index is 1.64. The van der Waals surface area contributed by atoms with Crippen LogP contribution in [0.1, 0.15) is 21.6 Å². The second kappa shape index (κ2) is 6.95. The topological polar surface area (TPSA) is 49.0 Å². The first kappa shape index (κ1) is 17.4. The molecular formula is C19H14Cl3N3O. The third-order valence-electron chi connectivity index (χ3n) is 4.50. The molecule has 0 saturated heterocycles. The van der Waals surface area contributed by atoms with Gasteiger partial charge in [-0.15, -0.1) is 0 Å². The molecular weight excluding hydrogens is 393 g/mol. The Morgan fingerprint density at radius 1 is 1.04 bits per heavy atom. The standard InChI is InChI=1S/C19H14Cl3N3O/c20-12-3-1-11(2-4-12)18-15-10-25(8-7-17(15)23-24-18)19(26)14-6-5-13(21)9-16(14)22/h1-6,9H,7-8,10H2,(H,23,24). The van der Waals surface area contributed by atoms with Gasteiger partial charge in [-0.2, -0.15) is 5.10 Å². The summed E-state index contributed by atoms with van der Waals surface area (Å²) < 4.78 is 0. The quantitative estimate of drug-likeness (QED) is 0.633. The third-order valence-corrected chi connectivity index (χ3v) is 5.30. The number of amides is 1. The van der Waals surface area contributed by atoms with Gasteiger partial charge in [-0.1, -0.05) is 46.9 Å². The van der Waals surface area contributed by atoms with Crippen molar-refractivity contribution in [1.82, 2.24) is 15.1 Å². The highest BCUT2D eigenvalue weighted by molar-refractivity contribution is 6.36. The maximum absolute atomic E-state index is 12.9. The Kier molecular flexibility index (Phi) is 4.65. The lowest BCUT2D eigenvalue weighted by Gasteiger charge is -2.27. The minimum Gasteiger partial charge on any atom is -0.334 e. The van der Waals surface area contributed by atoms with Crippen molar-refractivity contribution in [2.45, 2.75) is 13.0 Å². The van der Waals surface area contributed by atoms with Gasteiger partial charge in [0.1, 0.15) is 0 Å². The predicted molar refractivity (Wildman–Crippen MR) is 104 cm³/mol. The summed E-state index contributed by atoms with van der Waals surface area (Å²) in [6.07, 6.45) is 0.715. The van der Waals surface area contributed by atoms with E-state index in [1.165, 1.54) is 0 Å². The van der Waals surface area contributed by atoms with Gasteiger partial charge in [0.15, 0.2) is 0 Å². The normalized spacial score (nSPS) is 13.6. The number of aromatic amines is 1. The summed E-state index contributed by atoms with van der Waals surface area (Å²) in [5.41, 5.74) is 4.34. The Labute approximate surface area is 165 Å². The molecule has 1 amide bonds. The van der Waals surface area contributed by atoms with Gasteiger partial charge in [-0.3, -0.25) is 9.89 Å². The van der Waals surface area contributed by atoms with Crippen LogP contribution in [-0.4, -0.2) is 27.5 Å². The van der Waals surface area contributed by atoms with E-state index in [1.54, 1.807) is 23.1 Å². The average Bonchev–Trinajstić information content (AvgIpc) is 3.05. The van der Waals surface area contributed by atoms with Crippen LogP contribution in [-0.2, 0) is 13.0 Å². The van der Waals surface area contributed by atoms with Crippen LogP contribution in [0.4, 0.5) is 0 Å². The van der Waals surface area contributed by atoms with Crippen molar-refractivity contribution in [2.24, 2.45) is 0 Å². The number of carbonyl (C=O) groups is 1. The SMILES string of the molecule is O=C(c1ccc(Cl)cc1Cl)N1CCc2[nH]nc(-c3ccc(Cl)cc3)c2C1. The first-order valence-corrected chi connectivity index (χ1v) is 9.22. The molecule has 2 heterocycles. The van der Waals surface area contributed by atoms with Crippen LogP contribution >= 0.6 is 34.8 Å². The van der Waals surface area contributed by atoms with Gasteiger partial charge < -0.3 is 4.90 Å². The fourth-order valence-corrected chi connectivity index (χ4v) is 3.76. The highest BCUT2D eigenvalue weighted by Gasteiger charge is 2.27. The molecule has 7 heteroatoms. The summed E-state index contributed by atoms with van der Waals surface area (Å²) in [5, 5.41) is 9.08. The molecule has 26 heavy (non-hydrogen) atoms. The zero-order chi connectivity index (χ0) is 18.3. The molecule has 1 aromatic heterocycles. The summed E-state index contributed by atoms with van der Waals surface area (Å²) in [4.78, 5) is 14.7. The van der Waals surface area contributed by atoms with E-state index < -0.39 is 0 Å². The smallest absolute Gasteiger partial charge is 0.255 e. The van der Waals surface area contributed by atoms with Crippen LogP contribution in [0.5, 0.6) is 0 Å². The second-order valence-electron chi connectivity index (χ2n) is 6.14. The Hall–Kier alpha value is -2.01. The monoisotopic (exact) mass is 405 g/mol. The van der Waals surface area contributed by atoms with Crippen LogP contribution in [0, 0.1) is 0 Å². The van der Waals surface area contributed by atoms with Gasteiger partial charge in [-0.25, -0.2) is 0 Å². The molecule has 4 rings (SSSR count). The number of H-pyrrole nitrogens is 1. The van der Waals surface area contributed by atoms with Crippen molar-refractivity contribution in [1.29, 1.82) is 0 Å². The molecule has 1 aliphatic heterocycles. The Morgan fingerprint density at radius 2 is 1.77 bits per heavy atom. The molecule has 2 aromatic carbocycles. The van der Waals surface area contributed by atoms with E-state index in [4.69, 9.17) is 34.8 Å². The minimum atomic E-state index is -0.111. The largest absolute Gasteiger partial charge is 0.334 e. The molecule has 0 aliphatic carbocycles. The summed E-state index contributed by atoms with van der Waals surface area (Å²) in [6.45, 7) is 1.08. The summed E-state index contributed by atoms with van der Waals surface area (Å²) in [7, 11) is 0. The average molecular weight is 407 g/mol. The number of hydrogen-bond donors (Lipinski definition) is 1. The fraction of sp³-hybridized carbons (Fsp3) is 0.158. The molecule has 0 unspecified atom stereocenters. The van der Waals surface area contributed by atoms with Gasteiger partial charge in [0.2, 0.25) is 0 Å².